The number of fused-ring (bicyclic) bond motifs is 1. The third-order valence-corrected chi connectivity index (χ3v) is 3.59. The number of rotatable bonds is 5. The molecule has 0 saturated heterocycles. The lowest BCUT2D eigenvalue weighted by Crippen LogP contribution is -2.48. The van der Waals surface area contributed by atoms with Gasteiger partial charge in [-0.15, -0.1) is 0 Å². The molecule has 112 valence electrons. The monoisotopic (exact) mass is 295 g/mol. The molecule has 22 heavy (non-hydrogen) atoms. The van der Waals surface area contributed by atoms with E-state index in [4.69, 9.17) is 11.0 Å². The van der Waals surface area contributed by atoms with Crippen LogP contribution in [0.15, 0.2) is 42.5 Å². The molecule has 2 aromatic carbocycles. The predicted molar refractivity (Wildman–Crippen MR) is 83.8 cm³/mol. The molecule has 2 rings (SSSR count). The molecule has 0 radical (unpaired) electrons. The Hall–Kier alpha value is -2.87. The molecule has 2 amide bonds. The standard InChI is InChI=1S/C17H17N3O2/c1-11(8-9-18)15(16(19)21)20-17(22)14-7-6-12-4-2-3-5-13(12)10-14/h2-7,10-11,15H,8H2,1H3,(H2,19,21)(H,20,22)/t11-,15-/m0/s1. The van der Waals surface area contributed by atoms with E-state index in [-0.39, 0.29) is 18.2 Å². The lowest BCUT2D eigenvalue weighted by molar-refractivity contribution is -0.120. The van der Waals surface area contributed by atoms with Crippen molar-refractivity contribution in [1.29, 1.82) is 5.26 Å². The molecule has 0 heterocycles. The van der Waals surface area contributed by atoms with Gasteiger partial charge >= 0.3 is 0 Å². The fourth-order valence-corrected chi connectivity index (χ4v) is 2.31. The maximum Gasteiger partial charge on any atom is 0.251 e. The highest BCUT2D eigenvalue weighted by molar-refractivity contribution is 6.00. The van der Waals surface area contributed by atoms with Crippen LogP contribution in [0.3, 0.4) is 0 Å². The highest BCUT2D eigenvalue weighted by Crippen LogP contribution is 2.16. The minimum absolute atomic E-state index is 0.144. The number of primary amides is 1. The molecule has 0 bridgehead atoms. The number of nitrogens with one attached hydrogen (secondary N) is 1. The van der Waals surface area contributed by atoms with E-state index in [1.807, 2.05) is 36.4 Å². The van der Waals surface area contributed by atoms with E-state index in [2.05, 4.69) is 5.32 Å². The van der Waals surface area contributed by atoms with E-state index in [1.54, 1.807) is 19.1 Å². The van der Waals surface area contributed by atoms with Crippen LogP contribution >= 0.6 is 0 Å². The van der Waals surface area contributed by atoms with E-state index in [0.717, 1.165) is 10.8 Å². The van der Waals surface area contributed by atoms with Crippen molar-refractivity contribution in [2.75, 3.05) is 0 Å². The lowest BCUT2D eigenvalue weighted by atomic mass is 9.97. The molecule has 0 aliphatic rings. The fraction of sp³-hybridized carbons (Fsp3) is 0.235. The van der Waals surface area contributed by atoms with Gasteiger partial charge in [0, 0.05) is 12.0 Å². The van der Waals surface area contributed by atoms with E-state index in [0.29, 0.717) is 5.56 Å². The van der Waals surface area contributed by atoms with Gasteiger partial charge in [-0.2, -0.15) is 5.26 Å². The molecule has 0 aliphatic heterocycles. The summed E-state index contributed by atoms with van der Waals surface area (Å²) >= 11 is 0. The second-order valence-corrected chi connectivity index (χ2v) is 5.25. The summed E-state index contributed by atoms with van der Waals surface area (Å²) in [4.78, 5) is 23.8. The van der Waals surface area contributed by atoms with Gasteiger partial charge in [-0.3, -0.25) is 9.59 Å². The average Bonchev–Trinajstić information content (AvgIpc) is 2.51. The third-order valence-electron chi connectivity index (χ3n) is 3.59. The molecule has 5 nitrogen and oxygen atoms in total. The van der Waals surface area contributed by atoms with E-state index in [9.17, 15) is 9.59 Å². The van der Waals surface area contributed by atoms with Crippen LogP contribution in [0.4, 0.5) is 0 Å². The Morgan fingerprint density at radius 3 is 2.55 bits per heavy atom. The second kappa shape index (κ2) is 6.72. The van der Waals surface area contributed by atoms with E-state index >= 15 is 0 Å². The van der Waals surface area contributed by atoms with Crippen LogP contribution in [0, 0.1) is 17.2 Å². The largest absolute Gasteiger partial charge is 0.368 e. The second-order valence-electron chi connectivity index (χ2n) is 5.25. The first-order chi connectivity index (χ1) is 10.5. The number of benzene rings is 2. The Kier molecular flexibility index (Phi) is 4.74. The van der Waals surface area contributed by atoms with Gasteiger partial charge in [0.05, 0.1) is 6.07 Å². The van der Waals surface area contributed by atoms with Gasteiger partial charge in [0.15, 0.2) is 0 Å². The minimum atomic E-state index is -0.862. The molecule has 3 N–H and O–H groups in total. The van der Waals surface area contributed by atoms with Gasteiger partial charge in [0.2, 0.25) is 5.91 Å². The Labute approximate surface area is 128 Å². The predicted octanol–water partition coefficient (Wildman–Crippen LogP) is 1.97. The number of carbonyl (C=O) groups is 2. The van der Waals surface area contributed by atoms with Crippen molar-refractivity contribution in [2.45, 2.75) is 19.4 Å². The normalized spacial score (nSPS) is 13.1. The quantitative estimate of drug-likeness (QED) is 0.882. The molecule has 0 aromatic heterocycles. The SMILES string of the molecule is C[C@@H](CC#N)[C@H](NC(=O)c1ccc2ccccc2c1)C(N)=O. The zero-order chi connectivity index (χ0) is 16.1. The Morgan fingerprint density at radius 1 is 1.23 bits per heavy atom. The Morgan fingerprint density at radius 2 is 1.91 bits per heavy atom. The van der Waals surface area contributed by atoms with Gasteiger partial charge in [-0.25, -0.2) is 0 Å². The van der Waals surface area contributed by atoms with Gasteiger partial charge in [0.25, 0.3) is 5.91 Å². The molecule has 2 atom stereocenters. The maximum absolute atomic E-state index is 12.3. The molecule has 5 heteroatoms. The molecule has 0 aliphatic carbocycles. The Balaban J connectivity index is 2.21. The number of hydrogen-bond acceptors (Lipinski definition) is 3. The van der Waals surface area contributed by atoms with Crippen molar-refractivity contribution in [1.82, 2.24) is 5.32 Å². The molecule has 2 aromatic rings. The van der Waals surface area contributed by atoms with Gasteiger partial charge in [-0.1, -0.05) is 37.3 Å². The number of carbonyl (C=O) groups excluding carboxylic acids is 2. The van der Waals surface area contributed by atoms with E-state index < -0.39 is 11.9 Å². The van der Waals surface area contributed by atoms with Crippen LogP contribution in [0.25, 0.3) is 10.8 Å². The van der Waals surface area contributed by atoms with Gasteiger partial charge in [0.1, 0.15) is 6.04 Å². The smallest absolute Gasteiger partial charge is 0.251 e. The summed E-state index contributed by atoms with van der Waals surface area (Å²) in [6, 6.07) is 14.1. The van der Waals surface area contributed by atoms with Crippen LogP contribution in [-0.4, -0.2) is 17.9 Å². The summed E-state index contributed by atoms with van der Waals surface area (Å²) < 4.78 is 0. The van der Waals surface area contributed by atoms with Crippen molar-refractivity contribution in [3.8, 4) is 6.07 Å². The van der Waals surface area contributed by atoms with Crippen LogP contribution in [0.5, 0.6) is 0 Å². The van der Waals surface area contributed by atoms with Crippen molar-refractivity contribution in [3.63, 3.8) is 0 Å². The zero-order valence-electron chi connectivity index (χ0n) is 12.2. The first-order valence-corrected chi connectivity index (χ1v) is 6.99. The fourth-order valence-electron chi connectivity index (χ4n) is 2.31. The third kappa shape index (κ3) is 3.41. The number of nitriles is 1. The number of nitrogens with two attached hydrogens (primary N) is 1. The van der Waals surface area contributed by atoms with Crippen molar-refractivity contribution < 1.29 is 9.59 Å². The summed E-state index contributed by atoms with van der Waals surface area (Å²) in [5.74, 6) is -1.36. The molecule has 0 unspecified atom stereocenters. The molecular weight excluding hydrogens is 278 g/mol. The lowest BCUT2D eigenvalue weighted by Gasteiger charge is -2.20. The summed E-state index contributed by atoms with van der Waals surface area (Å²) in [5.41, 5.74) is 5.77. The van der Waals surface area contributed by atoms with E-state index in [1.165, 1.54) is 0 Å². The topological polar surface area (TPSA) is 96.0 Å². The highest BCUT2D eigenvalue weighted by Gasteiger charge is 2.25. The molecular formula is C17H17N3O2. The zero-order valence-corrected chi connectivity index (χ0v) is 12.2. The van der Waals surface area contributed by atoms with Crippen LogP contribution in [-0.2, 0) is 4.79 Å². The van der Waals surface area contributed by atoms with Crippen molar-refractivity contribution in [2.24, 2.45) is 11.7 Å². The van der Waals surface area contributed by atoms with Gasteiger partial charge < -0.3 is 11.1 Å². The van der Waals surface area contributed by atoms with Crippen LogP contribution < -0.4 is 11.1 Å². The maximum atomic E-state index is 12.3. The van der Waals surface area contributed by atoms with Crippen molar-refractivity contribution in [3.05, 3.63) is 48.0 Å². The number of amides is 2. The van der Waals surface area contributed by atoms with Crippen LogP contribution in [0.1, 0.15) is 23.7 Å². The number of hydrogen-bond donors (Lipinski definition) is 2. The summed E-state index contributed by atoms with van der Waals surface area (Å²) in [6.45, 7) is 1.71. The molecule has 0 fully saturated rings. The highest BCUT2D eigenvalue weighted by atomic mass is 16.2. The Bertz CT molecular complexity index is 749. The summed E-state index contributed by atoms with van der Waals surface area (Å²) in [5, 5.41) is 13.3. The number of nitrogens with zero attached hydrogens (tertiary/aromatic N) is 1. The first-order valence-electron chi connectivity index (χ1n) is 6.99. The summed E-state index contributed by atoms with van der Waals surface area (Å²) in [7, 11) is 0. The van der Waals surface area contributed by atoms with Crippen molar-refractivity contribution >= 4 is 22.6 Å². The van der Waals surface area contributed by atoms with Gasteiger partial charge in [-0.05, 0) is 28.8 Å². The summed E-state index contributed by atoms with van der Waals surface area (Å²) in [6.07, 6.45) is 0.144. The molecule has 0 spiro atoms. The minimum Gasteiger partial charge on any atom is -0.368 e. The first kappa shape index (κ1) is 15.5. The molecule has 0 saturated carbocycles. The van der Waals surface area contributed by atoms with Crippen LogP contribution in [0.2, 0.25) is 0 Å². The average molecular weight is 295 g/mol.